The van der Waals surface area contributed by atoms with E-state index in [1.807, 2.05) is 42.3 Å². The Morgan fingerprint density at radius 2 is 1.61 bits per heavy atom. The lowest BCUT2D eigenvalue weighted by Crippen LogP contribution is -2.47. The number of anilines is 1. The molecule has 1 fully saturated rings. The number of piperazine rings is 1. The van der Waals surface area contributed by atoms with Gasteiger partial charge in [-0.15, -0.1) is 0 Å². The van der Waals surface area contributed by atoms with Crippen LogP contribution in [-0.4, -0.2) is 69.9 Å². The molecule has 2 N–H and O–H groups in total. The Bertz CT molecular complexity index is 1370. The Morgan fingerprint density at radius 3 is 2.26 bits per heavy atom. The SMILES string of the molecule is Cc1cc(S(=O)(=O)NCc2ccccc2)ccc1OCC(=O)Nc1ccc(C(=O)N2CCN(C)CC2)cc1. The zero-order valence-corrected chi connectivity index (χ0v) is 22.3. The van der Waals surface area contributed by atoms with E-state index >= 15 is 0 Å². The van der Waals surface area contributed by atoms with Crippen molar-refractivity contribution in [3.8, 4) is 5.75 Å². The van der Waals surface area contributed by atoms with E-state index in [-0.39, 0.29) is 29.9 Å². The minimum atomic E-state index is -3.70. The van der Waals surface area contributed by atoms with Crippen molar-refractivity contribution in [2.24, 2.45) is 0 Å². The fourth-order valence-electron chi connectivity index (χ4n) is 4.04. The molecular weight excluding hydrogens is 504 g/mol. The van der Waals surface area contributed by atoms with Gasteiger partial charge in [-0.3, -0.25) is 9.59 Å². The molecule has 0 saturated carbocycles. The van der Waals surface area contributed by atoms with Gasteiger partial charge in [-0.25, -0.2) is 13.1 Å². The monoisotopic (exact) mass is 536 g/mol. The lowest BCUT2D eigenvalue weighted by atomic mass is 10.1. The summed E-state index contributed by atoms with van der Waals surface area (Å²) >= 11 is 0. The summed E-state index contributed by atoms with van der Waals surface area (Å²) in [7, 11) is -1.67. The van der Waals surface area contributed by atoms with Crippen LogP contribution in [0.4, 0.5) is 5.69 Å². The van der Waals surface area contributed by atoms with Gasteiger partial charge in [-0.2, -0.15) is 0 Å². The van der Waals surface area contributed by atoms with Crippen molar-refractivity contribution in [1.29, 1.82) is 0 Å². The highest BCUT2D eigenvalue weighted by Gasteiger charge is 2.20. The molecule has 9 nitrogen and oxygen atoms in total. The van der Waals surface area contributed by atoms with E-state index in [9.17, 15) is 18.0 Å². The number of carbonyl (C=O) groups is 2. The molecule has 200 valence electrons. The van der Waals surface area contributed by atoms with E-state index < -0.39 is 10.0 Å². The van der Waals surface area contributed by atoms with Crippen LogP contribution >= 0.6 is 0 Å². The van der Waals surface area contributed by atoms with Gasteiger partial charge < -0.3 is 19.9 Å². The number of aryl methyl sites for hydroxylation is 1. The van der Waals surface area contributed by atoms with E-state index in [1.54, 1.807) is 37.3 Å². The summed E-state index contributed by atoms with van der Waals surface area (Å²) in [5.74, 6) is 0.0227. The second-order valence-corrected chi connectivity index (χ2v) is 11.0. The third kappa shape index (κ3) is 7.18. The van der Waals surface area contributed by atoms with Crippen LogP contribution in [-0.2, 0) is 21.4 Å². The first-order valence-electron chi connectivity index (χ1n) is 12.4. The van der Waals surface area contributed by atoms with Gasteiger partial charge in [0.25, 0.3) is 11.8 Å². The smallest absolute Gasteiger partial charge is 0.262 e. The maximum Gasteiger partial charge on any atom is 0.262 e. The molecule has 0 radical (unpaired) electrons. The number of nitrogens with zero attached hydrogens (tertiary/aromatic N) is 2. The van der Waals surface area contributed by atoms with Crippen LogP contribution in [0.1, 0.15) is 21.5 Å². The maximum absolute atomic E-state index is 12.7. The van der Waals surface area contributed by atoms with Crippen molar-refractivity contribution in [3.05, 3.63) is 89.5 Å². The summed E-state index contributed by atoms with van der Waals surface area (Å²) in [6.07, 6.45) is 0. The molecule has 0 spiro atoms. The van der Waals surface area contributed by atoms with Crippen LogP contribution in [0.5, 0.6) is 5.75 Å². The maximum atomic E-state index is 12.7. The molecule has 1 aliphatic heterocycles. The van der Waals surface area contributed by atoms with Gasteiger partial charge in [0.2, 0.25) is 10.0 Å². The highest BCUT2D eigenvalue weighted by Crippen LogP contribution is 2.22. The summed E-state index contributed by atoms with van der Waals surface area (Å²) in [5.41, 5.74) is 2.58. The quantitative estimate of drug-likeness (QED) is 0.436. The number of amides is 2. The fourth-order valence-corrected chi connectivity index (χ4v) is 5.14. The third-order valence-corrected chi connectivity index (χ3v) is 7.73. The van der Waals surface area contributed by atoms with E-state index in [4.69, 9.17) is 4.74 Å². The van der Waals surface area contributed by atoms with Crippen molar-refractivity contribution in [3.63, 3.8) is 0 Å². The summed E-state index contributed by atoms with van der Waals surface area (Å²) in [6, 6.07) is 20.5. The van der Waals surface area contributed by atoms with Crippen molar-refractivity contribution < 1.29 is 22.7 Å². The molecule has 0 bridgehead atoms. The number of benzene rings is 3. The first kappa shape index (κ1) is 27.3. The lowest BCUT2D eigenvalue weighted by Gasteiger charge is -2.32. The van der Waals surface area contributed by atoms with Crippen molar-refractivity contribution in [2.45, 2.75) is 18.4 Å². The predicted octanol–water partition coefficient (Wildman–Crippen LogP) is 2.88. The summed E-state index contributed by atoms with van der Waals surface area (Å²) in [5, 5.41) is 2.75. The molecule has 2 amide bonds. The van der Waals surface area contributed by atoms with Crippen LogP contribution in [0, 0.1) is 6.92 Å². The first-order valence-corrected chi connectivity index (χ1v) is 13.8. The summed E-state index contributed by atoms with van der Waals surface area (Å²) in [6.45, 7) is 4.75. The Balaban J connectivity index is 1.28. The number of ether oxygens (including phenoxy) is 1. The molecule has 4 rings (SSSR count). The van der Waals surface area contributed by atoms with Gasteiger partial charge in [-0.05, 0) is 67.6 Å². The number of rotatable bonds is 9. The van der Waals surface area contributed by atoms with Gasteiger partial charge in [0.05, 0.1) is 4.90 Å². The summed E-state index contributed by atoms with van der Waals surface area (Å²) in [4.78, 5) is 29.2. The van der Waals surface area contributed by atoms with E-state index in [0.717, 1.165) is 18.7 Å². The molecular formula is C28H32N4O5S. The van der Waals surface area contributed by atoms with Gasteiger partial charge in [-0.1, -0.05) is 30.3 Å². The van der Waals surface area contributed by atoms with E-state index in [1.165, 1.54) is 12.1 Å². The average molecular weight is 537 g/mol. The summed E-state index contributed by atoms with van der Waals surface area (Å²) < 4.78 is 33.5. The normalized spacial score (nSPS) is 14.2. The van der Waals surface area contributed by atoms with Gasteiger partial charge >= 0.3 is 0 Å². The van der Waals surface area contributed by atoms with Crippen LogP contribution in [0.15, 0.2) is 77.7 Å². The van der Waals surface area contributed by atoms with Crippen molar-refractivity contribution in [1.82, 2.24) is 14.5 Å². The zero-order chi connectivity index (χ0) is 27.1. The standard InChI is InChI=1S/C28H32N4O5S/c1-21-18-25(38(35,36)29-19-22-6-4-3-5-7-22)12-13-26(21)37-20-27(33)30-24-10-8-23(9-11-24)28(34)32-16-14-31(2)15-17-32/h3-13,18,29H,14-17,19-20H2,1-2H3,(H,30,33). The number of likely N-dealkylation sites (N-methyl/N-ethyl adjacent to an activating group) is 1. The molecule has 0 unspecified atom stereocenters. The largest absolute Gasteiger partial charge is 0.483 e. The van der Waals surface area contributed by atoms with Crippen molar-refractivity contribution >= 4 is 27.5 Å². The first-order chi connectivity index (χ1) is 18.2. The van der Waals surface area contributed by atoms with Crippen LogP contribution in [0.3, 0.4) is 0 Å². The second kappa shape index (κ2) is 12.2. The number of nitrogens with one attached hydrogen (secondary N) is 2. The molecule has 10 heteroatoms. The van der Waals surface area contributed by atoms with Gasteiger partial charge in [0.1, 0.15) is 5.75 Å². The topological polar surface area (TPSA) is 108 Å². The number of sulfonamides is 1. The van der Waals surface area contributed by atoms with E-state index in [2.05, 4.69) is 14.9 Å². The molecule has 1 heterocycles. The minimum Gasteiger partial charge on any atom is -0.483 e. The van der Waals surface area contributed by atoms with Crippen LogP contribution < -0.4 is 14.8 Å². The Kier molecular flexibility index (Phi) is 8.77. The van der Waals surface area contributed by atoms with Crippen molar-refractivity contribution in [2.75, 3.05) is 45.2 Å². The fraction of sp³-hybridized carbons (Fsp3) is 0.286. The predicted molar refractivity (Wildman–Crippen MR) is 146 cm³/mol. The Morgan fingerprint density at radius 1 is 0.921 bits per heavy atom. The van der Waals surface area contributed by atoms with Gasteiger partial charge in [0.15, 0.2) is 6.61 Å². The highest BCUT2D eigenvalue weighted by atomic mass is 32.2. The molecule has 0 atom stereocenters. The second-order valence-electron chi connectivity index (χ2n) is 9.25. The number of hydrogen-bond acceptors (Lipinski definition) is 6. The van der Waals surface area contributed by atoms with Gasteiger partial charge in [0, 0.05) is 44.0 Å². The lowest BCUT2D eigenvalue weighted by molar-refractivity contribution is -0.118. The third-order valence-electron chi connectivity index (χ3n) is 6.33. The minimum absolute atomic E-state index is 0.0180. The zero-order valence-electron chi connectivity index (χ0n) is 21.5. The molecule has 38 heavy (non-hydrogen) atoms. The molecule has 3 aromatic carbocycles. The Labute approximate surface area is 223 Å². The molecule has 3 aromatic rings. The van der Waals surface area contributed by atoms with E-state index in [0.29, 0.717) is 35.7 Å². The van der Waals surface area contributed by atoms with Crippen LogP contribution in [0.2, 0.25) is 0 Å². The molecule has 0 aromatic heterocycles. The van der Waals surface area contributed by atoms with Crippen LogP contribution in [0.25, 0.3) is 0 Å². The Hall–Kier alpha value is -3.73. The molecule has 1 saturated heterocycles. The highest BCUT2D eigenvalue weighted by molar-refractivity contribution is 7.89. The number of carbonyl (C=O) groups excluding carboxylic acids is 2. The molecule has 1 aliphatic rings. The molecule has 0 aliphatic carbocycles. The average Bonchev–Trinajstić information content (AvgIpc) is 2.92. The number of hydrogen-bond donors (Lipinski definition) is 2.